The molecule has 0 radical (unpaired) electrons. The van der Waals surface area contributed by atoms with Gasteiger partial charge >= 0.3 is 0 Å². The van der Waals surface area contributed by atoms with Crippen molar-refractivity contribution in [2.24, 2.45) is 4.99 Å². The summed E-state index contributed by atoms with van der Waals surface area (Å²) in [5.74, 6) is 0.297. The van der Waals surface area contributed by atoms with E-state index in [0.29, 0.717) is 5.92 Å². The summed E-state index contributed by atoms with van der Waals surface area (Å²) in [5, 5.41) is 0. The van der Waals surface area contributed by atoms with Crippen LogP contribution in [-0.2, 0) is 0 Å². The molecule has 0 amide bonds. The second-order valence-corrected chi connectivity index (χ2v) is 10.5. The Morgan fingerprint density at radius 2 is 1.23 bits per heavy atom. The average Bonchev–Trinajstić information content (AvgIpc) is 2.94. The third-order valence-corrected chi connectivity index (χ3v) is 6.19. The van der Waals surface area contributed by atoms with Gasteiger partial charge in [0.1, 0.15) is 0 Å². The smallest absolute Gasteiger partial charge is 0.0419 e. The van der Waals surface area contributed by atoms with Crippen LogP contribution in [0.1, 0.15) is 107 Å². The molecule has 0 aliphatic heterocycles. The third-order valence-electron chi connectivity index (χ3n) is 6.19. The Labute approximate surface area is 248 Å². The normalized spacial score (nSPS) is 11.9. The lowest BCUT2D eigenvalue weighted by Crippen LogP contribution is -2.07. The van der Waals surface area contributed by atoms with Crippen molar-refractivity contribution in [3.05, 3.63) is 124 Å². The van der Waals surface area contributed by atoms with Gasteiger partial charge < -0.3 is 0 Å². The quantitative estimate of drug-likeness (QED) is 0.209. The molecule has 0 saturated heterocycles. The van der Waals surface area contributed by atoms with E-state index in [1.807, 2.05) is 7.05 Å². The molecule has 1 unspecified atom stereocenters. The Bertz CT molecular complexity index is 1110. The van der Waals surface area contributed by atoms with E-state index in [2.05, 4.69) is 165 Å². The van der Waals surface area contributed by atoms with Crippen LogP contribution in [0, 0.1) is 27.7 Å². The molecule has 0 heterocycles. The van der Waals surface area contributed by atoms with Crippen LogP contribution in [0.3, 0.4) is 0 Å². The molecule has 3 rings (SSSR count). The van der Waals surface area contributed by atoms with Crippen LogP contribution in [0.2, 0.25) is 0 Å². The summed E-state index contributed by atoms with van der Waals surface area (Å²) in [4.78, 5) is 4.52. The Morgan fingerprint density at radius 3 is 1.65 bits per heavy atom. The van der Waals surface area contributed by atoms with Gasteiger partial charge in [0.15, 0.2) is 0 Å². The molecule has 3 aromatic carbocycles. The van der Waals surface area contributed by atoms with Gasteiger partial charge in [0.2, 0.25) is 0 Å². The summed E-state index contributed by atoms with van der Waals surface area (Å²) in [6.45, 7) is 21.4. The summed E-state index contributed by atoms with van der Waals surface area (Å²) in [7, 11) is 1.88. The first kappa shape index (κ1) is 36.8. The molecule has 3 aromatic rings. The van der Waals surface area contributed by atoms with Crippen LogP contribution in [0.25, 0.3) is 5.57 Å². The number of hydrogen-bond donors (Lipinski definition) is 0. The van der Waals surface area contributed by atoms with Crippen LogP contribution < -0.4 is 0 Å². The Hall–Kier alpha value is -3.19. The Kier molecular flexibility index (Phi) is 20.8. The van der Waals surface area contributed by atoms with E-state index in [0.717, 1.165) is 5.71 Å². The number of aryl methyl sites for hydroxylation is 4. The number of rotatable bonds is 7. The largest absolute Gasteiger partial charge is 0.292 e. The van der Waals surface area contributed by atoms with E-state index >= 15 is 0 Å². The van der Waals surface area contributed by atoms with Crippen molar-refractivity contribution >= 4 is 11.3 Å². The van der Waals surface area contributed by atoms with Crippen molar-refractivity contribution in [3.8, 4) is 0 Å². The van der Waals surface area contributed by atoms with Gasteiger partial charge in [-0.1, -0.05) is 155 Å². The zero-order chi connectivity index (χ0) is 30.3. The molecule has 0 aromatic heterocycles. The highest BCUT2D eigenvalue weighted by molar-refractivity contribution is 6.04. The predicted molar refractivity (Wildman–Crippen MR) is 184 cm³/mol. The van der Waals surface area contributed by atoms with E-state index in [9.17, 15) is 0 Å². The highest BCUT2D eigenvalue weighted by Crippen LogP contribution is 2.22. The fraction of sp³-hybridized carbons (Fsp3) is 0.410. The molecule has 218 valence electrons. The number of aliphatic imine (C=N–C) groups is 1. The van der Waals surface area contributed by atoms with Gasteiger partial charge in [0.05, 0.1) is 0 Å². The topological polar surface area (TPSA) is 12.4 Å². The summed E-state index contributed by atoms with van der Waals surface area (Å²) in [5.41, 5.74) is 10.2. The molecule has 0 fully saturated rings. The van der Waals surface area contributed by atoms with Crippen LogP contribution in [0.5, 0.6) is 0 Å². The van der Waals surface area contributed by atoms with Crippen LogP contribution >= 0.6 is 0 Å². The molecule has 0 aliphatic rings. The number of nitrogens with zero attached hydrogens (tertiary/aromatic N) is 1. The number of unbranched alkanes of at least 4 members (excludes halogenated alkanes) is 1. The van der Waals surface area contributed by atoms with Crippen molar-refractivity contribution in [2.45, 2.75) is 101 Å². The second-order valence-electron chi connectivity index (χ2n) is 10.5. The highest BCUT2D eigenvalue weighted by atomic mass is 14.7. The second kappa shape index (κ2) is 22.6. The molecular weight excluding hydrogens is 482 g/mol. The molecule has 40 heavy (non-hydrogen) atoms. The molecular formula is C39H57N. The van der Waals surface area contributed by atoms with Crippen molar-refractivity contribution in [1.82, 2.24) is 0 Å². The minimum atomic E-state index is 0.297. The molecule has 1 atom stereocenters. The standard InChI is InChI=1S/C21H25N.C8H10.C7H14.C3H8/c1-15-9-11-19(12-10-15)17(3)14-21(22-5)18(4)20-8-6-7-16(2)13-20;1-7-3-5-8(2)6-4-7;1-3-5-7-6-4-2;1-3-2/h6-14,18H,1-5H3;3-6H,1-2H3;5,7H,3-4,6H2,1-2H3;3H2,1-2H3/b17-14+,22-21?;;;. The lowest BCUT2D eigenvalue weighted by molar-refractivity contribution is 0.952. The monoisotopic (exact) mass is 539 g/mol. The Balaban J connectivity index is 0.000000688. The first-order valence-electron chi connectivity index (χ1n) is 15.1. The predicted octanol–water partition coefficient (Wildman–Crippen LogP) is 12.1. The van der Waals surface area contributed by atoms with Crippen LogP contribution in [0.15, 0.2) is 96.0 Å². The average molecular weight is 540 g/mol. The summed E-state index contributed by atoms with van der Waals surface area (Å²) < 4.78 is 0. The molecule has 1 heteroatoms. The maximum absolute atomic E-state index is 4.52. The van der Waals surface area contributed by atoms with Gasteiger partial charge in [-0.25, -0.2) is 0 Å². The van der Waals surface area contributed by atoms with Crippen molar-refractivity contribution in [3.63, 3.8) is 0 Å². The minimum absolute atomic E-state index is 0.297. The number of benzene rings is 3. The molecule has 0 bridgehead atoms. The summed E-state index contributed by atoms with van der Waals surface area (Å²) in [6.07, 6.45) is 11.6. The summed E-state index contributed by atoms with van der Waals surface area (Å²) in [6, 6.07) is 25.8. The van der Waals surface area contributed by atoms with Gasteiger partial charge in [-0.05, 0) is 70.2 Å². The molecule has 0 aliphatic carbocycles. The Morgan fingerprint density at radius 1 is 0.725 bits per heavy atom. The fourth-order valence-electron chi connectivity index (χ4n) is 3.70. The van der Waals surface area contributed by atoms with Gasteiger partial charge in [0.25, 0.3) is 0 Å². The van der Waals surface area contributed by atoms with E-state index < -0.39 is 0 Å². The van der Waals surface area contributed by atoms with Gasteiger partial charge in [-0.2, -0.15) is 0 Å². The van der Waals surface area contributed by atoms with Gasteiger partial charge in [-0.3, -0.25) is 4.99 Å². The third kappa shape index (κ3) is 16.7. The van der Waals surface area contributed by atoms with E-state index in [4.69, 9.17) is 0 Å². The lowest BCUT2D eigenvalue weighted by atomic mass is 9.92. The van der Waals surface area contributed by atoms with Crippen molar-refractivity contribution in [1.29, 1.82) is 0 Å². The van der Waals surface area contributed by atoms with Crippen LogP contribution in [0.4, 0.5) is 0 Å². The number of hydrogen-bond acceptors (Lipinski definition) is 1. The van der Waals surface area contributed by atoms with E-state index in [1.54, 1.807) is 0 Å². The maximum Gasteiger partial charge on any atom is 0.0419 e. The number of allylic oxidation sites excluding steroid dienone is 4. The first-order chi connectivity index (χ1) is 19.1. The minimum Gasteiger partial charge on any atom is -0.292 e. The zero-order valence-electron chi connectivity index (χ0n) is 27.5. The molecule has 1 nitrogen and oxygen atoms in total. The van der Waals surface area contributed by atoms with E-state index in [1.165, 1.54) is 64.6 Å². The van der Waals surface area contributed by atoms with Crippen LogP contribution in [-0.4, -0.2) is 12.8 Å². The highest BCUT2D eigenvalue weighted by Gasteiger charge is 2.11. The van der Waals surface area contributed by atoms with Gasteiger partial charge in [0, 0.05) is 18.7 Å². The van der Waals surface area contributed by atoms with Crippen molar-refractivity contribution < 1.29 is 0 Å². The molecule has 0 spiro atoms. The fourth-order valence-corrected chi connectivity index (χ4v) is 3.70. The van der Waals surface area contributed by atoms with E-state index in [-0.39, 0.29) is 0 Å². The SMILES string of the molecule is CCC.CCC=CCCC.CN=C(/C=C(\C)c1ccc(C)cc1)C(C)c1cccc(C)c1.Cc1ccc(C)cc1. The molecule has 0 saturated carbocycles. The van der Waals surface area contributed by atoms with Gasteiger partial charge in [-0.15, -0.1) is 0 Å². The lowest BCUT2D eigenvalue weighted by Gasteiger charge is -2.14. The molecule has 0 N–H and O–H groups in total. The maximum atomic E-state index is 4.52. The summed E-state index contributed by atoms with van der Waals surface area (Å²) >= 11 is 0. The zero-order valence-corrected chi connectivity index (χ0v) is 27.5. The first-order valence-corrected chi connectivity index (χ1v) is 15.1. The van der Waals surface area contributed by atoms with Crippen molar-refractivity contribution in [2.75, 3.05) is 7.05 Å².